The summed E-state index contributed by atoms with van der Waals surface area (Å²) in [5, 5.41) is 2.73. The molecular formula is C8H14N2O3. The van der Waals surface area contributed by atoms with E-state index in [2.05, 4.69) is 5.32 Å². The van der Waals surface area contributed by atoms with E-state index in [4.69, 9.17) is 4.74 Å². The standard InChI is InChI=1S/C8H14N2O3/c1-6-3-10(4-7(11)9-6)8(12)5-13-2/h6H,3-5H2,1-2H3,(H,9,11). The predicted molar refractivity (Wildman–Crippen MR) is 46.1 cm³/mol. The van der Waals surface area contributed by atoms with Crippen LogP contribution in [0.1, 0.15) is 6.92 Å². The lowest BCUT2D eigenvalue weighted by atomic mass is 10.2. The molecule has 2 amide bonds. The predicted octanol–water partition coefficient (Wildman–Crippen LogP) is -1.02. The fourth-order valence-corrected chi connectivity index (χ4v) is 1.34. The summed E-state index contributed by atoms with van der Waals surface area (Å²) in [7, 11) is 1.46. The lowest BCUT2D eigenvalue weighted by molar-refractivity contribution is -0.142. The summed E-state index contributed by atoms with van der Waals surface area (Å²) in [5.74, 6) is -0.243. The van der Waals surface area contributed by atoms with E-state index in [1.807, 2.05) is 6.92 Å². The number of amides is 2. The first-order chi connectivity index (χ1) is 6.13. The van der Waals surface area contributed by atoms with Gasteiger partial charge in [0.05, 0.1) is 6.54 Å². The van der Waals surface area contributed by atoms with Gasteiger partial charge in [-0.15, -0.1) is 0 Å². The highest BCUT2D eigenvalue weighted by Crippen LogP contribution is 1.99. The minimum atomic E-state index is -0.135. The second-order valence-electron chi connectivity index (χ2n) is 3.18. The van der Waals surface area contributed by atoms with Crippen LogP contribution in [0.2, 0.25) is 0 Å². The molecule has 5 heteroatoms. The highest BCUT2D eigenvalue weighted by Gasteiger charge is 2.24. The van der Waals surface area contributed by atoms with Crippen molar-refractivity contribution in [1.29, 1.82) is 0 Å². The molecule has 1 N–H and O–H groups in total. The second kappa shape index (κ2) is 4.23. The van der Waals surface area contributed by atoms with E-state index in [9.17, 15) is 9.59 Å². The van der Waals surface area contributed by atoms with Crippen molar-refractivity contribution in [3.63, 3.8) is 0 Å². The Morgan fingerprint density at radius 1 is 1.77 bits per heavy atom. The Hall–Kier alpha value is -1.10. The van der Waals surface area contributed by atoms with Gasteiger partial charge in [0.15, 0.2) is 0 Å². The highest BCUT2D eigenvalue weighted by atomic mass is 16.5. The molecule has 1 aliphatic heterocycles. The van der Waals surface area contributed by atoms with Gasteiger partial charge in [0.25, 0.3) is 0 Å². The molecule has 0 radical (unpaired) electrons. The molecule has 1 atom stereocenters. The third-order valence-corrected chi connectivity index (χ3v) is 1.86. The van der Waals surface area contributed by atoms with Crippen LogP contribution in [-0.4, -0.2) is 49.6 Å². The van der Waals surface area contributed by atoms with Crippen LogP contribution in [0.3, 0.4) is 0 Å². The van der Waals surface area contributed by atoms with Crippen LogP contribution < -0.4 is 5.32 Å². The first-order valence-electron chi connectivity index (χ1n) is 4.19. The molecule has 1 unspecified atom stereocenters. The zero-order valence-electron chi connectivity index (χ0n) is 7.87. The molecule has 13 heavy (non-hydrogen) atoms. The molecule has 0 aromatic heterocycles. The smallest absolute Gasteiger partial charge is 0.249 e. The normalized spacial score (nSPS) is 22.8. The van der Waals surface area contributed by atoms with Crippen LogP contribution >= 0.6 is 0 Å². The molecule has 1 heterocycles. The maximum Gasteiger partial charge on any atom is 0.249 e. The molecular weight excluding hydrogens is 172 g/mol. The summed E-state index contributed by atoms with van der Waals surface area (Å²) < 4.78 is 4.70. The Morgan fingerprint density at radius 3 is 3.00 bits per heavy atom. The number of rotatable bonds is 2. The molecule has 1 saturated heterocycles. The summed E-state index contributed by atoms with van der Waals surface area (Å²) in [6.45, 7) is 2.62. The largest absolute Gasteiger partial charge is 0.375 e. The fraction of sp³-hybridized carbons (Fsp3) is 0.750. The number of carbonyl (C=O) groups is 2. The quantitative estimate of drug-likeness (QED) is 0.600. The Labute approximate surface area is 77.0 Å². The number of hydrogen-bond acceptors (Lipinski definition) is 3. The number of ether oxygens (including phenoxy) is 1. The fourth-order valence-electron chi connectivity index (χ4n) is 1.34. The van der Waals surface area contributed by atoms with Gasteiger partial charge in [-0.25, -0.2) is 0 Å². The molecule has 1 aliphatic rings. The van der Waals surface area contributed by atoms with Crippen LogP contribution in [0.4, 0.5) is 0 Å². The van der Waals surface area contributed by atoms with Gasteiger partial charge >= 0.3 is 0 Å². The minimum absolute atomic E-state index is 0.0297. The molecule has 0 aromatic rings. The summed E-state index contributed by atoms with van der Waals surface area (Å²) in [4.78, 5) is 23.9. The van der Waals surface area contributed by atoms with Crippen molar-refractivity contribution in [3.05, 3.63) is 0 Å². The lowest BCUT2D eigenvalue weighted by Gasteiger charge is -2.30. The third kappa shape index (κ3) is 2.69. The summed E-state index contributed by atoms with van der Waals surface area (Å²) in [6.07, 6.45) is 0. The number of nitrogens with zero attached hydrogens (tertiary/aromatic N) is 1. The number of piperazine rings is 1. The van der Waals surface area contributed by atoms with Gasteiger partial charge in [-0.2, -0.15) is 0 Å². The third-order valence-electron chi connectivity index (χ3n) is 1.86. The minimum Gasteiger partial charge on any atom is -0.375 e. The maximum absolute atomic E-state index is 11.3. The molecule has 0 bridgehead atoms. The summed E-state index contributed by atoms with van der Waals surface area (Å²) in [6, 6.07) is 0.0297. The van der Waals surface area contributed by atoms with E-state index in [-0.39, 0.29) is 31.0 Å². The van der Waals surface area contributed by atoms with Crippen molar-refractivity contribution in [2.75, 3.05) is 26.8 Å². The van der Waals surface area contributed by atoms with Gasteiger partial charge in [0.1, 0.15) is 6.61 Å². The Bertz CT molecular complexity index is 217. The Balaban J connectivity index is 2.49. The second-order valence-corrected chi connectivity index (χ2v) is 3.18. The molecule has 1 rings (SSSR count). The van der Waals surface area contributed by atoms with Crippen LogP contribution in [0.15, 0.2) is 0 Å². The number of nitrogens with one attached hydrogen (secondary N) is 1. The lowest BCUT2D eigenvalue weighted by Crippen LogP contribution is -2.55. The zero-order chi connectivity index (χ0) is 9.84. The van der Waals surface area contributed by atoms with Crippen LogP contribution in [0.5, 0.6) is 0 Å². The van der Waals surface area contributed by atoms with Gasteiger partial charge in [-0.1, -0.05) is 0 Å². The van der Waals surface area contributed by atoms with E-state index in [1.54, 1.807) is 0 Å². The first kappa shape index (κ1) is 9.98. The molecule has 0 saturated carbocycles. The van der Waals surface area contributed by atoms with Gasteiger partial charge in [0.2, 0.25) is 11.8 Å². The van der Waals surface area contributed by atoms with E-state index < -0.39 is 0 Å². The van der Waals surface area contributed by atoms with Crippen molar-refractivity contribution in [1.82, 2.24) is 10.2 Å². The van der Waals surface area contributed by atoms with E-state index in [0.29, 0.717) is 6.54 Å². The average Bonchev–Trinajstić information content (AvgIpc) is 2.03. The molecule has 0 aromatic carbocycles. The van der Waals surface area contributed by atoms with Crippen molar-refractivity contribution < 1.29 is 14.3 Å². The average molecular weight is 186 g/mol. The Kier molecular flexibility index (Phi) is 3.25. The molecule has 0 aliphatic carbocycles. The van der Waals surface area contributed by atoms with Gasteiger partial charge in [0, 0.05) is 19.7 Å². The molecule has 1 fully saturated rings. The van der Waals surface area contributed by atoms with Gasteiger partial charge in [-0.05, 0) is 6.92 Å². The van der Waals surface area contributed by atoms with Gasteiger partial charge in [-0.3, -0.25) is 9.59 Å². The van der Waals surface area contributed by atoms with Crippen molar-refractivity contribution in [2.45, 2.75) is 13.0 Å². The summed E-state index contributed by atoms with van der Waals surface area (Å²) in [5.41, 5.74) is 0. The first-order valence-corrected chi connectivity index (χ1v) is 4.19. The monoisotopic (exact) mass is 186 g/mol. The van der Waals surface area contributed by atoms with Crippen LogP contribution in [0, 0.1) is 0 Å². The van der Waals surface area contributed by atoms with Crippen molar-refractivity contribution in [2.24, 2.45) is 0 Å². The zero-order valence-corrected chi connectivity index (χ0v) is 7.87. The molecule has 74 valence electrons. The van der Waals surface area contributed by atoms with Crippen LogP contribution in [-0.2, 0) is 14.3 Å². The number of carbonyl (C=O) groups excluding carboxylic acids is 2. The SMILES string of the molecule is COCC(=O)N1CC(=O)NC(C)C1. The van der Waals surface area contributed by atoms with Gasteiger partial charge < -0.3 is 15.0 Å². The molecule has 5 nitrogen and oxygen atoms in total. The van der Waals surface area contributed by atoms with Crippen molar-refractivity contribution >= 4 is 11.8 Å². The highest BCUT2D eigenvalue weighted by molar-refractivity contribution is 5.86. The van der Waals surface area contributed by atoms with E-state index in [1.165, 1.54) is 12.0 Å². The van der Waals surface area contributed by atoms with Crippen molar-refractivity contribution in [3.8, 4) is 0 Å². The maximum atomic E-state index is 11.3. The Morgan fingerprint density at radius 2 is 2.46 bits per heavy atom. The van der Waals surface area contributed by atoms with E-state index >= 15 is 0 Å². The van der Waals surface area contributed by atoms with E-state index in [0.717, 1.165) is 0 Å². The number of methoxy groups -OCH3 is 1. The van der Waals surface area contributed by atoms with Crippen LogP contribution in [0.25, 0.3) is 0 Å². The number of hydrogen-bond donors (Lipinski definition) is 1. The molecule has 0 spiro atoms. The topological polar surface area (TPSA) is 58.6 Å². The summed E-state index contributed by atoms with van der Waals surface area (Å²) >= 11 is 0.